The average Bonchev–Trinajstić information content (AvgIpc) is 3.29. The van der Waals surface area contributed by atoms with E-state index in [4.69, 9.17) is 13.9 Å². The largest absolute Gasteiger partial charge is 0.493 e. The lowest BCUT2D eigenvalue weighted by Crippen LogP contribution is -2.52. The summed E-state index contributed by atoms with van der Waals surface area (Å²) >= 11 is 1.53. The summed E-state index contributed by atoms with van der Waals surface area (Å²) in [7, 11) is 1.48. The second-order valence-electron chi connectivity index (χ2n) is 6.76. The van der Waals surface area contributed by atoms with E-state index in [1.54, 1.807) is 18.2 Å². The van der Waals surface area contributed by atoms with Gasteiger partial charge in [0.1, 0.15) is 6.04 Å². The van der Waals surface area contributed by atoms with E-state index in [1.165, 1.54) is 37.3 Å². The minimum Gasteiger partial charge on any atom is -0.493 e. The van der Waals surface area contributed by atoms with Gasteiger partial charge in [0.25, 0.3) is 17.7 Å². The smallest absolute Gasteiger partial charge is 0.287 e. The third-order valence-corrected chi connectivity index (χ3v) is 4.71. The highest BCUT2D eigenvalue weighted by Gasteiger charge is 2.23. The van der Waals surface area contributed by atoms with E-state index in [0.717, 1.165) is 0 Å². The predicted octanol–water partition coefficient (Wildman–Crippen LogP) is 2.39. The Kier molecular flexibility index (Phi) is 9.26. The number of rotatable bonds is 10. The van der Waals surface area contributed by atoms with Crippen molar-refractivity contribution in [1.29, 1.82) is 0 Å². The fourth-order valence-electron chi connectivity index (χ4n) is 2.58. The maximum atomic E-state index is 12.6. The van der Waals surface area contributed by atoms with Crippen molar-refractivity contribution in [3.63, 3.8) is 0 Å². The Bertz CT molecular complexity index is 885. The molecule has 3 N–H and O–H groups in total. The number of hydrazine groups is 1. The standard InChI is InChI=1S/C21H27N3O6S/c1-13(2)30-16-8-7-14(12-18(16)28-3)19(25)23-24-20(26)15(9-11-31-4)22-21(27)17-6-5-10-29-17/h5-8,10,12-13,15H,9,11H2,1-4H3,(H,22,27)(H,23,25)(H,24,26). The van der Waals surface area contributed by atoms with Gasteiger partial charge < -0.3 is 19.2 Å². The van der Waals surface area contributed by atoms with Gasteiger partial charge in [-0.2, -0.15) is 11.8 Å². The topological polar surface area (TPSA) is 119 Å². The molecule has 10 heteroatoms. The Balaban J connectivity index is 2.00. The second-order valence-corrected chi connectivity index (χ2v) is 7.75. The van der Waals surface area contributed by atoms with Crippen LogP contribution in [0.4, 0.5) is 0 Å². The number of benzene rings is 1. The van der Waals surface area contributed by atoms with Crippen LogP contribution in [0.1, 0.15) is 41.2 Å². The van der Waals surface area contributed by atoms with E-state index < -0.39 is 23.8 Å². The quantitative estimate of drug-likeness (QED) is 0.477. The van der Waals surface area contributed by atoms with E-state index in [9.17, 15) is 14.4 Å². The predicted molar refractivity (Wildman–Crippen MR) is 117 cm³/mol. The summed E-state index contributed by atoms with van der Waals surface area (Å²) in [5.74, 6) is 0.0496. The molecule has 1 heterocycles. The van der Waals surface area contributed by atoms with Crippen LogP contribution in [-0.2, 0) is 4.79 Å². The number of hydrogen-bond donors (Lipinski definition) is 3. The van der Waals surface area contributed by atoms with Gasteiger partial charge in [-0.3, -0.25) is 25.2 Å². The molecule has 0 aliphatic rings. The van der Waals surface area contributed by atoms with Crippen molar-refractivity contribution in [2.24, 2.45) is 0 Å². The van der Waals surface area contributed by atoms with Gasteiger partial charge >= 0.3 is 0 Å². The van der Waals surface area contributed by atoms with Gasteiger partial charge in [0.15, 0.2) is 17.3 Å². The molecule has 0 radical (unpaired) electrons. The lowest BCUT2D eigenvalue weighted by atomic mass is 10.2. The number of ether oxygens (including phenoxy) is 2. The maximum Gasteiger partial charge on any atom is 0.287 e. The van der Waals surface area contributed by atoms with Crippen LogP contribution >= 0.6 is 11.8 Å². The highest BCUT2D eigenvalue weighted by molar-refractivity contribution is 7.98. The van der Waals surface area contributed by atoms with Crippen molar-refractivity contribution in [2.75, 3.05) is 19.1 Å². The highest BCUT2D eigenvalue weighted by atomic mass is 32.2. The van der Waals surface area contributed by atoms with E-state index in [-0.39, 0.29) is 17.4 Å². The minimum atomic E-state index is -0.846. The number of methoxy groups -OCH3 is 1. The van der Waals surface area contributed by atoms with Gasteiger partial charge in [-0.25, -0.2) is 0 Å². The Hall–Kier alpha value is -3.14. The molecule has 0 bridgehead atoms. The fourth-order valence-corrected chi connectivity index (χ4v) is 3.05. The molecule has 2 rings (SSSR count). The first-order valence-electron chi connectivity index (χ1n) is 9.63. The number of nitrogens with one attached hydrogen (secondary N) is 3. The van der Waals surface area contributed by atoms with Crippen molar-refractivity contribution in [3.8, 4) is 11.5 Å². The van der Waals surface area contributed by atoms with Gasteiger partial charge in [-0.1, -0.05) is 0 Å². The van der Waals surface area contributed by atoms with Crippen LogP contribution in [0.5, 0.6) is 11.5 Å². The monoisotopic (exact) mass is 449 g/mol. The van der Waals surface area contributed by atoms with Crippen molar-refractivity contribution in [1.82, 2.24) is 16.2 Å². The van der Waals surface area contributed by atoms with Crippen LogP contribution in [0.2, 0.25) is 0 Å². The highest BCUT2D eigenvalue weighted by Crippen LogP contribution is 2.28. The SMILES string of the molecule is COc1cc(C(=O)NNC(=O)C(CCSC)NC(=O)c2ccco2)ccc1OC(C)C. The number of furan rings is 1. The number of thioether (sulfide) groups is 1. The molecule has 0 aliphatic carbocycles. The molecule has 0 saturated carbocycles. The van der Waals surface area contributed by atoms with Crippen LogP contribution in [0.25, 0.3) is 0 Å². The van der Waals surface area contributed by atoms with E-state index in [1.807, 2.05) is 20.1 Å². The first kappa shape index (κ1) is 24.1. The van der Waals surface area contributed by atoms with E-state index >= 15 is 0 Å². The van der Waals surface area contributed by atoms with Crippen LogP contribution in [-0.4, -0.2) is 49.0 Å². The summed E-state index contributed by atoms with van der Waals surface area (Å²) in [6.07, 6.45) is 3.59. The van der Waals surface area contributed by atoms with Crippen LogP contribution in [0, 0.1) is 0 Å². The van der Waals surface area contributed by atoms with E-state index in [0.29, 0.717) is 23.7 Å². The molecule has 2 aromatic rings. The fraction of sp³-hybridized carbons (Fsp3) is 0.381. The van der Waals surface area contributed by atoms with Crippen LogP contribution in [0.15, 0.2) is 41.0 Å². The third kappa shape index (κ3) is 7.25. The Morgan fingerprint density at radius 2 is 1.87 bits per heavy atom. The molecule has 0 spiro atoms. The molecule has 0 saturated heterocycles. The summed E-state index contributed by atoms with van der Waals surface area (Å²) in [6.45, 7) is 3.77. The zero-order valence-corrected chi connectivity index (χ0v) is 18.7. The Morgan fingerprint density at radius 3 is 2.48 bits per heavy atom. The lowest BCUT2D eigenvalue weighted by molar-refractivity contribution is -0.123. The molecule has 1 aromatic carbocycles. The van der Waals surface area contributed by atoms with Gasteiger partial charge in [0, 0.05) is 5.56 Å². The number of carbonyl (C=O) groups is 3. The van der Waals surface area contributed by atoms with Crippen molar-refractivity contribution >= 4 is 29.5 Å². The summed E-state index contributed by atoms with van der Waals surface area (Å²) in [4.78, 5) is 37.2. The lowest BCUT2D eigenvalue weighted by Gasteiger charge is -2.18. The minimum absolute atomic E-state index is 0.0533. The Labute approximate surface area is 185 Å². The second kappa shape index (κ2) is 11.9. The Morgan fingerprint density at radius 1 is 1.10 bits per heavy atom. The maximum absolute atomic E-state index is 12.6. The molecule has 1 atom stereocenters. The number of amides is 3. The molecular weight excluding hydrogens is 422 g/mol. The number of hydrogen-bond acceptors (Lipinski definition) is 7. The molecule has 168 valence electrons. The summed E-state index contributed by atoms with van der Waals surface area (Å²) in [5, 5.41) is 2.62. The summed E-state index contributed by atoms with van der Waals surface area (Å²) in [6, 6.07) is 6.94. The van der Waals surface area contributed by atoms with Gasteiger partial charge in [-0.05, 0) is 62.6 Å². The van der Waals surface area contributed by atoms with Crippen LogP contribution < -0.4 is 25.6 Å². The van der Waals surface area contributed by atoms with Crippen LogP contribution in [0.3, 0.4) is 0 Å². The molecule has 1 unspecified atom stereocenters. The molecule has 0 aliphatic heterocycles. The summed E-state index contributed by atoms with van der Waals surface area (Å²) in [5.41, 5.74) is 4.99. The zero-order chi connectivity index (χ0) is 22.8. The summed E-state index contributed by atoms with van der Waals surface area (Å²) < 4.78 is 16.0. The zero-order valence-electron chi connectivity index (χ0n) is 17.9. The first-order chi connectivity index (χ1) is 14.8. The van der Waals surface area contributed by atoms with Gasteiger partial charge in [0.2, 0.25) is 0 Å². The van der Waals surface area contributed by atoms with Crippen molar-refractivity contribution in [2.45, 2.75) is 32.4 Å². The van der Waals surface area contributed by atoms with Crippen molar-refractivity contribution < 1.29 is 28.3 Å². The normalized spacial score (nSPS) is 11.5. The van der Waals surface area contributed by atoms with Gasteiger partial charge in [-0.15, -0.1) is 0 Å². The van der Waals surface area contributed by atoms with E-state index in [2.05, 4.69) is 16.2 Å². The average molecular weight is 450 g/mol. The molecule has 1 aromatic heterocycles. The molecular formula is C21H27N3O6S. The molecule has 0 fully saturated rings. The third-order valence-electron chi connectivity index (χ3n) is 4.07. The molecule has 3 amide bonds. The molecule has 31 heavy (non-hydrogen) atoms. The first-order valence-corrected chi connectivity index (χ1v) is 11.0. The number of carbonyl (C=O) groups excluding carboxylic acids is 3. The molecule has 9 nitrogen and oxygen atoms in total. The van der Waals surface area contributed by atoms with Gasteiger partial charge in [0.05, 0.1) is 19.5 Å². The van der Waals surface area contributed by atoms with Crippen molar-refractivity contribution in [3.05, 3.63) is 47.9 Å².